The molecule has 0 spiro atoms. The Hall–Kier alpha value is -2.05. The lowest BCUT2D eigenvalue weighted by atomic mass is 9.96. The first kappa shape index (κ1) is 13.0. The van der Waals surface area contributed by atoms with Crippen LogP contribution in [0.25, 0.3) is 10.8 Å². The van der Waals surface area contributed by atoms with Crippen molar-refractivity contribution in [1.82, 2.24) is 5.32 Å². The SMILES string of the molecule is CNC(C#N)(COc1ccc2ccccc2c1)C1CC1. The van der Waals surface area contributed by atoms with Crippen molar-refractivity contribution in [3.63, 3.8) is 0 Å². The molecule has 102 valence electrons. The fourth-order valence-corrected chi connectivity index (χ4v) is 2.60. The van der Waals surface area contributed by atoms with Gasteiger partial charge in [-0.2, -0.15) is 5.26 Å². The summed E-state index contributed by atoms with van der Waals surface area (Å²) in [5, 5.41) is 14.9. The zero-order valence-electron chi connectivity index (χ0n) is 11.6. The number of nitrogens with one attached hydrogen (secondary N) is 1. The van der Waals surface area contributed by atoms with Crippen LogP contribution in [0.1, 0.15) is 12.8 Å². The molecule has 1 aliphatic carbocycles. The summed E-state index contributed by atoms with van der Waals surface area (Å²) in [6, 6.07) is 16.6. The van der Waals surface area contributed by atoms with Crippen LogP contribution in [-0.4, -0.2) is 19.2 Å². The van der Waals surface area contributed by atoms with Crippen LogP contribution >= 0.6 is 0 Å². The summed E-state index contributed by atoms with van der Waals surface area (Å²) in [6.45, 7) is 0.392. The van der Waals surface area contributed by atoms with Crippen molar-refractivity contribution in [2.45, 2.75) is 18.4 Å². The molecule has 20 heavy (non-hydrogen) atoms. The Bertz CT molecular complexity index is 657. The standard InChI is InChI=1S/C17H18N2O/c1-19-17(11-18,15-7-8-15)12-20-16-9-6-13-4-2-3-5-14(13)10-16/h2-6,9-10,15,19H,7-8,12H2,1H3. The lowest BCUT2D eigenvalue weighted by molar-refractivity contribution is 0.211. The first-order valence-electron chi connectivity index (χ1n) is 6.99. The molecule has 1 fully saturated rings. The molecular weight excluding hydrogens is 248 g/mol. The second kappa shape index (κ2) is 5.15. The number of benzene rings is 2. The highest BCUT2D eigenvalue weighted by molar-refractivity contribution is 5.83. The van der Waals surface area contributed by atoms with Crippen LogP contribution in [0.3, 0.4) is 0 Å². The fourth-order valence-electron chi connectivity index (χ4n) is 2.60. The van der Waals surface area contributed by atoms with Crippen molar-refractivity contribution < 1.29 is 4.74 Å². The van der Waals surface area contributed by atoms with Crippen LogP contribution in [0.15, 0.2) is 42.5 Å². The Morgan fingerprint density at radius 2 is 2.00 bits per heavy atom. The third-order valence-corrected chi connectivity index (χ3v) is 4.11. The van der Waals surface area contributed by atoms with Crippen LogP contribution in [-0.2, 0) is 0 Å². The molecule has 0 amide bonds. The van der Waals surface area contributed by atoms with E-state index in [1.807, 2.05) is 31.3 Å². The van der Waals surface area contributed by atoms with Gasteiger partial charge in [0.25, 0.3) is 0 Å². The molecule has 0 bridgehead atoms. The number of nitrogens with zero attached hydrogens (tertiary/aromatic N) is 1. The Kier molecular flexibility index (Phi) is 3.33. The maximum Gasteiger partial charge on any atom is 0.143 e. The second-order valence-electron chi connectivity index (χ2n) is 5.41. The van der Waals surface area contributed by atoms with Gasteiger partial charge in [-0.15, -0.1) is 0 Å². The summed E-state index contributed by atoms with van der Waals surface area (Å²) in [5.41, 5.74) is -0.550. The predicted molar refractivity (Wildman–Crippen MR) is 79.6 cm³/mol. The van der Waals surface area contributed by atoms with Gasteiger partial charge in [0.2, 0.25) is 0 Å². The zero-order valence-corrected chi connectivity index (χ0v) is 11.6. The van der Waals surface area contributed by atoms with Crippen LogP contribution in [0.5, 0.6) is 5.75 Å². The maximum absolute atomic E-state index is 9.44. The van der Waals surface area contributed by atoms with E-state index in [0.717, 1.165) is 24.0 Å². The van der Waals surface area contributed by atoms with Crippen molar-refractivity contribution in [2.75, 3.05) is 13.7 Å². The smallest absolute Gasteiger partial charge is 0.143 e. The van der Waals surface area contributed by atoms with Crippen LogP contribution in [0.2, 0.25) is 0 Å². The number of ether oxygens (including phenoxy) is 1. The number of hydrogen-bond acceptors (Lipinski definition) is 3. The molecule has 0 radical (unpaired) electrons. The summed E-state index contributed by atoms with van der Waals surface area (Å²) < 4.78 is 5.88. The highest BCUT2D eigenvalue weighted by atomic mass is 16.5. The molecule has 1 unspecified atom stereocenters. The summed E-state index contributed by atoms with van der Waals surface area (Å²) in [7, 11) is 1.84. The molecule has 3 rings (SSSR count). The third kappa shape index (κ3) is 2.35. The Labute approximate surface area is 119 Å². The van der Waals surface area contributed by atoms with Crippen molar-refractivity contribution in [3.8, 4) is 11.8 Å². The van der Waals surface area contributed by atoms with Crippen LogP contribution in [0.4, 0.5) is 0 Å². The first-order valence-corrected chi connectivity index (χ1v) is 6.99. The minimum absolute atomic E-state index is 0.392. The molecule has 0 heterocycles. The van der Waals surface area contributed by atoms with Crippen molar-refractivity contribution in [1.29, 1.82) is 5.26 Å². The number of hydrogen-bond donors (Lipinski definition) is 1. The summed E-state index contributed by atoms with van der Waals surface area (Å²) >= 11 is 0. The van der Waals surface area contributed by atoms with Gasteiger partial charge in [-0.3, -0.25) is 5.32 Å². The Morgan fingerprint density at radius 3 is 2.65 bits per heavy atom. The van der Waals surface area contributed by atoms with Gasteiger partial charge in [0.05, 0.1) is 6.07 Å². The molecule has 1 aliphatic rings. The molecule has 3 heteroatoms. The van der Waals surface area contributed by atoms with E-state index in [4.69, 9.17) is 4.74 Å². The number of rotatable bonds is 5. The van der Waals surface area contributed by atoms with Crippen molar-refractivity contribution in [2.24, 2.45) is 5.92 Å². The van der Waals surface area contributed by atoms with Crippen molar-refractivity contribution in [3.05, 3.63) is 42.5 Å². The van der Waals surface area contributed by atoms with Crippen LogP contribution < -0.4 is 10.1 Å². The summed E-state index contributed by atoms with van der Waals surface area (Å²) in [4.78, 5) is 0. The van der Waals surface area contributed by atoms with Gasteiger partial charge in [-0.05, 0) is 48.7 Å². The number of nitriles is 1. The van der Waals surface area contributed by atoms with Gasteiger partial charge in [0.15, 0.2) is 0 Å². The Balaban J connectivity index is 1.77. The second-order valence-corrected chi connectivity index (χ2v) is 5.41. The van der Waals surface area contributed by atoms with Gasteiger partial charge >= 0.3 is 0 Å². The molecule has 0 aliphatic heterocycles. The van der Waals surface area contributed by atoms with E-state index < -0.39 is 5.54 Å². The van der Waals surface area contributed by atoms with Crippen molar-refractivity contribution >= 4 is 10.8 Å². The zero-order chi connectivity index (χ0) is 14.0. The van der Waals surface area contributed by atoms with E-state index in [0.29, 0.717) is 12.5 Å². The lowest BCUT2D eigenvalue weighted by Gasteiger charge is -2.26. The normalized spacial score (nSPS) is 17.4. The number of likely N-dealkylation sites (N-methyl/N-ethyl adjacent to an activating group) is 1. The van der Waals surface area contributed by atoms with Gasteiger partial charge in [0, 0.05) is 0 Å². The minimum atomic E-state index is -0.550. The van der Waals surface area contributed by atoms with Crippen LogP contribution in [0, 0.1) is 17.2 Å². The molecule has 1 saturated carbocycles. The Morgan fingerprint density at radius 1 is 1.25 bits per heavy atom. The van der Waals surface area contributed by atoms with E-state index in [2.05, 4.69) is 29.6 Å². The molecule has 0 saturated heterocycles. The molecule has 3 nitrogen and oxygen atoms in total. The molecule has 1 atom stereocenters. The highest BCUT2D eigenvalue weighted by Gasteiger charge is 2.45. The van der Waals surface area contributed by atoms with E-state index in [1.165, 1.54) is 5.39 Å². The largest absolute Gasteiger partial charge is 0.491 e. The van der Waals surface area contributed by atoms with Gasteiger partial charge < -0.3 is 4.74 Å². The van der Waals surface area contributed by atoms with Gasteiger partial charge in [-0.1, -0.05) is 30.3 Å². The van der Waals surface area contributed by atoms with Gasteiger partial charge in [-0.25, -0.2) is 0 Å². The summed E-state index contributed by atoms with van der Waals surface area (Å²) in [5.74, 6) is 1.23. The molecular formula is C17H18N2O. The highest BCUT2D eigenvalue weighted by Crippen LogP contribution is 2.39. The number of fused-ring (bicyclic) bond motifs is 1. The lowest BCUT2D eigenvalue weighted by Crippen LogP contribution is -2.49. The van der Waals surface area contributed by atoms with E-state index in [9.17, 15) is 5.26 Å². The average molecular weight is 266 g/mol. The third-order valence-electron chi connectivity index (χ3n) is 4.11. The monoisotopic (exact) mass is 266 g/mol. The average Bonchev–Trinajstić information content (AvgIpc) is 3.34. The predicted octanol–water partition coefficient (Wildman–Crippen LogP) is 3.11. The van der Waals surface area contributed by atoms with E-state index >= 15 is 0 Å². The molecule has 2 aromatic rings. The van der Waals surface area contributed by atoms with E-state index in [1.54, 1.807) is 0 Å². The van der Waals surface area contributed by atoms with Gasteiger partial charge in [0.1, 0.15) is 17.9 Å². The van der Waals surface area contributed by atoms with E-state index in [-0.39, 0.29) is 0 Å². The molecule has 1 N–H and O–H groups in total. The topological polar surface area (TPSA) is 45.0 Å². The minimum Gasteiger partial charge on any atom is -0.491 e. The quantitative estimate of drug-likeness (QED) is 0.904. The molecule has 2 aromatic carbocycles. The summed E-state index contributed by atoms with van der Waals surface area (Å²) in [6.07, 6.45) is 2.21. The maximum atomic E-state index is 9.44. The first-order chi connectivity index (χ1) is 9.77. The fraction of sp³-hybridized carbons (Fsp3) is 0.353. The molecule has 0 aromatic heterocycles.